The predicted molar refractivity (Wildman–Crippen MR) is 93.1 cm³/mol. The number of Topliss-reactive ketones (excluding diaryl/α,β-unsaturated/α-hetero) is 1. The van der Waals surface area contributed by atoms with Crippen molar-refractivity contribution >= 4 is 17.5 Å². The molecule has 0 N–H and O–H groups in total. The largest absolute Gasteiger partial charge is 0.304 e. The summed E-state index contributed by atoms with van der Waals surface area (Å²) >= 11 is 1.72. The number of benzene rings is 2. The summed E-state index contributed by atoms with van der Waals surface area (Å²) in [5.74, 6) is 0.239. The van der Waals surface area contributed by atoms with Gasteiger partial charge < -0.3 is 4.90 Å². The first-order valence-corrected chi connectivity index (χ1v) is 8.88. The van der Waals surface area contributed by atoms with E-state index in [2.05, 4.69) is 41.1 Å². The first-order valence-electron chi connectivity index (χ1n) is 8.06. The lowest BCUT2D eigenvalue weighted by Gasteiger charge is -2.37. The predicted octanol–water partition coefficient (Wildman–Crippen LogP) is 3.32. The first kappa shape index (κ1) is 14.9. The van der Waals surface area contributed by atoms with E-state index in [9.17, 15) is 4.79 Å². The van der Waals surface area contributed by atoms with E-state index in [0.29, 0.717) is 0 Å². The highest BCUT2D eigenvalue weighted by Gasteiger charge is 2.35. The van der Waals surface area contributed by atoms with Crippen LogP contribution in [0.2, 0.25) is 0 Å². The molecule has 4 rings (SSSR count). The van der Waals surface area contributed by atoms with Crippen LogP contribution in [-0.4, -0.2) is 48.8 Å². The number of likely N-dealkylation sites (N-methyl/N-ethyl adjacent to an activating group) is 1. The van der Waals surface area contributed by atoms with Gasteiger partial charge in [0.25, 0.3) is 0 Å². The number of hydrogen-bond acceptors (Lipinski definition) is 4. The van der Waals surface area contributed by atoms with E-state index in [1.54, 1.807) is 11.8 Å². The van der Waals surface area contributed by atoms with Gasteiger partial charge in [-0.05, 0) is 24.7 Å². The Balaban J connectivity index is 1.81. The highest BCUT2D eigenvalue weighted by atomic mass is 32.2. The minimum absolute atomic E-state index is 0.156. The van der Waals surface area contributed by atoms with Crippen molar-refractivity contribution in [2.75, 3.05) is 33.2 Å². The standard InChI is InChI=1S/C19H20N2OS/c1-20-10-12-21(13-11-20)18-14-6-2-4-8-16(14)23-17-9-5-3-7-15(17)19(18)22/h2-9,18H,10-13H2,1H3. The SMILES string of the molecule is CN1CCN(C2C(=O)c3ccccc3Sc3ccccc32)CC1. The molecular weight excluding hydrogens is 304 g/mol. The van der Waals surface area contributed by atoms with Crippen LogP contribution < -0.4 is 0 Å². The lowest BCUT2D eigenvalue weighted by Crippen LogP contribution is -2.47. The first-order chi connectivity index (χ1) is 11.2. The summed E-state index contributed by atoms with van der Waals surface area (Å²) in [5, 5.41) is 0. The van der Waals surface area contributed by atoms with E-state index < -0.39 is 0 Å². The topological polar surface area (TPSA) is 23.6 Å². The average molecular weight is 324 g/mol. The smallest absolute Gasteiger partial charge is 0.185 e. The van der Waals surface area contributed by atoms with Crippen LogP contribution in [0, 0.1) is 0 Å². The second kappa shape index (κ2) is 6.11. The van der Waals surface area contributed by atoms with E-state index in [4.69, 9.17) is 0 Å². The van der Waals surface area contributed by atoms with Crippen molar-refractivity contribution in [1.82, 2.24) is 9.80 Å². The second-order valence-electron chi connectivity index (χ2n) is 6.24. The number of ketones is 1. The summed E-state index contributed by atoms with van der Waals surface area (Å²) in [6.45, 7) is 3.91. The van der Waals surface area contributed by atoms with Gasteiger partial charge in [-0.15, -0.1) is 0 Å². The molecule has 0 aliphatic carbocycles. The van der Waals surface area contributed by atoms with Gasteiger partial charge in [0.15, 0.2) is 5.78 Å². The maximum Gasteiger partial charge on any atom is 0.185 e. The van der Waals surface area contributed by atoms with Crippen LogP contribution in [0.15, 0.2) is 58.3 Å². The molecule has 1 saturated heterocycles. The minimum atomic E-state index is -0.156. The van der Waals surface area contributed by atoms with Gasteiger partial charge in [0.2, 0.25) is 0 Å². The third-order valence-electron chi connectivity index (χ3n) is 4.74. The Bertz CT molecular complexity index is 738. The summed E-state index contributed by atoms with van der Waals surface area (Å²) in [5.41, 5.74) is 2.01. The van der Waals surface area contributed by atoms with Crippen molar-refractivity contribution in [3.8, 4) is 0 Å². The molecule has 0 bridgehead atoms. The number of hydrogen-bond donors (Lipinski definition) is 0. The van der Waals surface area contributed by atoms with Crippen molar-refractivity contribution in [2.45, 2.75) is 15.8 Å². The Morgan fingerprint density at radius 3 is 2.35 bits per heavy atom. The molecule has 1 fully saturated rings. The molecule has 23 heavy (non-hydrogen) atoms. The van der Waals surface area contributed by atoms with Crippen molar-refractivity contribution in [2.24, 2.45) is 0 Å². The lowest BCUT2D eigenvalue weighted by atomic mass is 9.95. The minimum Gasteiger partial charge on any atom is -0.304 e. The fourth-order valence-electron chi connectivity index (χ4n) is 3.41. The van der Waals surface area contributed by atoms with Crippen molar-refractivity contribution in [3.63, 3.8) is 0 Å². The van der Waals surface area contributed by atoms with Gasteiger partial charge in [0.1, 0.15) is 6.04 Å². The Kier molecular flexibility index (Phi) is 3.97. The molecule has 2 aromatic carbocycles. The van der Waals surface area contributed by atoms with Gasteiger partial charge in [0, 0.05) is 41.5 Å². The number of fused-ring (bicyclic) bond motifs is 2. The maximum absolute atomic E-state index is 13.3. The van der Waals surface area contributed by atoms with Crippen LogP contribution in [0.4, 0.5) is 0 Å². The molecule has 118 valence electrons. The summed E-state index contributed by atoms with van der Waals surface area (Å²) in [6.07, 6.45) is 0. The Morgan fingerprint density at radius 2 is 1.57 bits per heavy atom. The highest BCUT2D eigenvalue weighted by Crippen LogP contribution is 2.42. The Hall–Kier alpha value is -1.62. The monoisotopic (exact) mass is 324 g/mol. The number of carbonyl (C=O) groups excluding carboxylic acids is 1. The zero-order valence-electron chi connectivity index (χ0n) is 13.2. The van der Waals surface area contributed by atoms with Crippen LogP contribution in [0.25, 0.3) is 0 Å². The normalized spacial score (nSPS) is 22.3. The Labute approximate surface area is 141 Å². The van der Waals surface area contributed by atoms with Crippen molar-refractivity contribution < 1.29 is 4.79 Å². The molecule has 0 amide bonds. The number of carbonyl (C=O) groups is 1. The summed E-state index contributed by atoms with van der Waals surface area (Å²) in [7, 11) is 2.14. The molecule has 0 radical (unpaired) electrons. The van der Waals surface area contributed by atoms with Gasteiger partial charge in [-0.25, -0.2) is 0 Å². The molecule has 0 aromatic heterocycles. The molecule has 0 spiro atoms. The van der Waals surface area contributed by atoms with Crippen LogP contribution >= 0.6 is 11.8 Å². The fraction of sp³-hybridized carbons (Fsp3) is 0.316. The van der Waals surface area contributed by atoms with Gasteiger partial charge in [-0.2, -0.15) is 0 Å². The van der Waals surface area contributed by atoms with Crippen LogP contribution in [0.5, 0.6) is 0 Å². The van der Waals surface area contributed by atoms with Crippen LogP contribution in [-0.2, 0) is 0 Å². The number of piperazine rings is 1. The van der Waals surface area contributed by atoms with Crippen molar-refractivity contribution in [3.05, 3.63) is 59.7 Å². The third-order valence-corrected chi connectivity index (χ3v) is 5.91. The van der Waals surface area contributed by atoms with E-state index in [0.717, 1.165) is 42.2 Å². The van der Waals surface area contributed by atoms with Crippen LogP contribution in [0.3, 0.4) is 0 Å². The molecule has 1 atom stereocenters. The highest BCUT2D eigenvalue weighted by molar-refractivity contribution is 7.99. The van der Waals surface area contributed by atoms with Gasteiger partial charge >= 0.3 is 0 Å². The van der Waals surface area contributed by atoms with Gasteiger partial charge in [-0.1, -0.05) is 48.2 Å². The average Bonchev–Trinajstić information content (AvgIpc) is 2.70. The molecule has 2 heterocycles. The van der Waals surface area contributed by atoms with E-state index in [-0.39, 0.29) is 11.8 Å². The zero-order chi connectivity index (χ0) is 15.8. The summed E-state index contributed by atoms with van der Waals surface area (Å²) in [6, 6.07) is 16.2. The quantitative estimate of drug-likeness (QED) is 0.803. The molecule has 1 unspecified atom stereocenters. The Morgan fingerprint density at radius 1 is 0.913 bits per heavy atom. The molecule has 0 saturated carbocycles. The fourth-order valence-corrected chi connectivity index (χ4v) is 4.51. The van der Waals surface area contributed by atoms with E-state index >= 15 is 0 Å². The van der Waals surface area contributed by atoms with Crippen LogP contribution in [0.1, 0.15) is 22.0 Å². The van der Waals surface area contributed by atoms with Gasteiger partial charge in [-0.3, -0.25) is 9.69 Å². The maximum atomic E-state index is 13.3. The molecular formula is C19H20N2OS. The third kappa shape index (κ3) is 2.71. The molecule has 2 aromatic rings. The number of rotatable bonds is 1. The van der Waals surface area contributed by atoms with Gasteiger partial charge in [0.05, 0.1) is 0 Å². The molecule has 4 heteroatoms. The molecule has 2 aliphatic heterocycles. The van der Waals surface area contributed by atoms with E-state index in [1.807, 2.05) is 24.3 Å². The summed E-state index contributed by atoms with van der Waals surface area (Å²) in [4.78, 5) is 20.3. The second-order valence-corrected chi connectivity index (χ2v) is 7.33. The molecule has 2 aliphatic rings. The van der Waals surface area contributed by atoms with E-state index in [1.165, 1.54) is 4.90 Å². The zero-order valence-corrected chi connectivity index (χ0v) is 14.1. The van der Waals surface area contributed by atoms with Crippen molar-refractivity contribution in [1.29, 1.82) is 0 Å². The number of nitrogens with zero attached hydrogens (tertiary/aromatic N) is 2. The summed E-state index contributed by atoms with van der Waals surface area (Å²) < 4.78 is 0. The lowest BCUT2D eigenvalue weighted by molar-refractivity contribution is 0.0698. The molecule has 3 nitrogen and oxygen atoms in total.